The molecule has 19 heavy (non-hydrogen) atoms. The quantitative estimate of drug-likeness (QED) is 0.858. The zero-order chi connectivity index (χ0) is 13.6. The zero-order valence-corrected chi connectivity index (χ0v) is 10.9. The number of rotatable bonds is 4. The molecule has 96 valence electrons. The molecule has 2 aromatic rings. The van der Waals surface area contributed by atoms with Gasteiger partial charge in [0.2, 0.25) is 0 Å². The predicted molar refractivity (Wildman–Crippen MR) is 75.5 cm³/mol. The summed E-state index contributed by atoms with van der Waals surface area (Å²) in [6.45, 7) is 0. The largest absolute Gasteiger partial charge is 0.264 e. The molecule has 5 heteroatoms. The fourth-order valence-electron chi connectivity index (χ4n) is 1.34. The van der Waals surface area contributed by atoms with E-state index in [0.717, 1.165) is 21.9 Å². The minimum Gasteiger partial charge on any atom is -0.264 e. The maximum atomic E-state index is 11.8. The maximum absolute atomic E-state index is 11.8. The molecule has 0 spiro atoms. The van der Waals surface area contributed by atoms with Crippen molar-refractivity contribution in [2.45, 2.75) is 0 Å². The van der Waals surface area contributed by atoms with Crippen molar-refractivity contribution >= 4 is 22.0 Å². The highest BCUT2D eigenvalue weighted by atomic mass is 32.2. The molecule has 0 unspecified atom stereocenters. The van der Waals surface area contributed by atoms with Crippen LogP contribution in [0.5, 0.6) is 0 Å². The Kier molecular flexibility index (Phi) is 4.20. The standard InChI is InChI=1S/C14H12N2O2S/c17-19(18,9-5-13-3-1-7-15-11-13)10-6-14-4-2-8-16-12-14/h1-12H/b9-5-,10-6-. The summed E-state index contributed by atoms with van der Waals surface area (Å²) in [7, 11) is -3.39. The van der Waals surface area contributed by atoms with E-state index in [0.29, 0.717) is 0 Å². The van der Waals surface area contributed by atoms with Crippen molar-refractivity contribution in [2.24, 2.45) is 0 Å². The average Bonchev–Trinajstić information content (AvgIpc) is 2.46. The Morgan fingerprint density at radius 3 is 1.68 bits per heavy atom. The minimum atomic E-state index is -3.39. The molecule has 4 nitrogen and oxygen atoms in total. The van der Waals surface area contributed by atoms with Crippen LogP contribution in [0.3, 0.4) is 0 Å². The van der Waals surface area contributed by atoms with Crippen molar-refractivity contribution in [3.63, 3.8) is 0 Å². The van der Waals surface area contributed by atoms with Crippen LogP contribution in [0.1, 0.15) is 11.1 Å². The third kappa shape index (κ3) is 4.48. The van der Waals surface area contributed by atoms with Crippen molar-refractivity contribution in [1.82, 2.24) is 9.97 Å². The number of nitrogens with zero attached hydrogens (tertiary/aromatic N) is 2. The van der Waals surface area contributed by atoms with Crippen molar-refractivity contribution in [3.05, 3.63) is 71.0 Å². The van der Waals surface area contributed by atoms with E-state index in [1.807, 2.05) is 0 Å². The fraction of sp³-hybridized carbons (Fsp3) is 0. The summed E-state index contributed by atoms with van der Waals surface area (Å²) in [5, 5.41) is 2.30. The molecule has 0 radical (unpaired) electrons. The first kappa shape index (κ1) is 13.2. The molecule has 0 atom stereocenters. The van der Waals surface area contributed by atoms with Crippen LogP contribution in [0.4, 0.5) is 0 Å². The summed E-state index contributed by atoms with van der Waals surface area (Å²) >= 11 is 0. The summed E-state index contributed by atoms with van der Waals surface area (Å²) in [5.74, 6) is 0. The van der Waals surface area contributed by atoms with Crippen LogP contribution in [-0.2, 0) is 9.84 Å². The summed E-state index contributed by atoms with van der Waals surface area (Å²) < 4.78 is 23.5. The molecule has 0 aliphatic carbocycles. The number of aromatic nitrogens is 2. The van der Waals surface area contributed by atoms with E-state index in [2.05, 4.69) is 9.97 Å². The highest BCUT2D eigenvalue weighted by Crippen LogP contribution is 2.06. The monoisotopic (exact) mass is 272 g/mol. The molecule has 0 N–H and O–H groups in total. The van der Waals surface area contributed by atoms with E-state index in [9.17, 15) is 8.42 Å². The van der Waals surface area contributed by atoms with Gasteiger partial charge in [-0.2, -0.15) is 0 Å². The van der Waals surface area contributed by atoms with E-state index in [-0.39, 0.29) is 0 Å². The molecule has 2 rings (SSSR count). The lowest BCUT2D eigenvalue weighted by molar-refractivity contribution is 0.613. The molecule has 0 bridgehead atoms. The second kappa shape index (κ2) is 6.06. The van der Waals surface area contributed by atoms with Crippen LogP contribution in [0.15, 0.2) is 59.9 Å². The van der Waals surface area contributed by atoms with Crippen LogP contribution in [0.2, 0.25) is 0 Å². The molecule has 0 aliphatic rings. The highest BCUT2D eigenvalue weighted by molar-refractivity contribution is 7.97. The number of hydrogen-bond acceptors (Lipinski definition) is 4. The maximum Gasteiger partial charge on any atom is 0.193 e. The van der Waals surface area contributed by atoms with Crippen LogP contribution < -0.4 is 0 Å². The van der Waals surface area contributed by atoms with E-state index >= 15 is 0 Å². The first-order valence-electron chi connectivity index (χ1n) is 5.57. The number of pyridine rings is 2. The smallest absolute Gasteiger partial charge is 0.193 e. The molecule has 0 amide bonds. The van der Waals surface area contributed by atoms with Gasteiger partial charge in [-0.25, -0.2) is 8.42 Å². The molecule has 0 saturated heterocycles. The van der Waals surface area contributed by atoms with E-state index in [4.69, 9.17) is 0 Å². The van der Waals surface area contributed by atoms with Gasteiger partial charge < -0.3 is 0 Å². The van der Waals surface area contributed by atoms with Gasteiger partial charge in [-0.1, -0.05) is 12.1 Å². The van der Waals surface area contributed by atoms with Gasteiger partial charge in [0, 0.05) is 35.6 Å². The van der Waals surface area contributed by atoms with Gasteiger partial charge in [-0.3, -0.25) is 9.97 Å². The summed E-state index contributed by atoms with van der Waals surface area (Å²) in [6, 6.07) is 7.06. The van der Waals surface area contributed by atoms with Gasteiger partial charge in [-0.15, -0.1) is 0 Å². The fourth-order valence-corrected chi connectivity index (χ4v) is 2.13. The normalized spacial score (nSPS) is 12.2. The van der Waals surface area contributed by atoms with Crippen molar-refractivity contribution in [1.29, 1.82) is 0 Å². The highest BCUT2D eigenvalue weighted by Gasteiger charge is 1.99. The van der Waals surface area contributed by atoms with Crippen LogP contribution in [0, 0.1) is 0 Å². The van der Waals surface area contributed by atoms with Crippen LogP contribution >= 0.6 is 0 Å². The predicted octanol–water partition coefficient (Wildman–Crippen LogP) is 2.53. The summed E-state index contributed by atoms with van der Waals surface area (Å²) in [5.41, 5.74) is 1.47. The Hall–Kier alpha value is -2.27. The minimum absolute atomic E-state index is 0.737. The Balaban J connectivity index is 2.12. The van der Waals surface area contributed by atoms with E-state index in [1.165, 1.54) is 12.2 Å². The second-order valence-electron chi connectivity index (χ2n) is 3.77. The van der Waals surface area contributed by atoms with E-state index < -0.39 is 9.84 Å². The van der Waals surface area contributed by atoms with Gasteiger partial charge in [0.15, 0.2) is 9.84 Å². The van der Waals surface area contributed by atoms with Crippen LogP contribution in [-0.4, -0.2) is 18.4 Å². The first-order chi connectivity index (χ1) is 9.16. The van der Waals surface area contributed by atoms with Crippen LogP contribution in [0.25, 0.3) is 12.2 Å². The van der Waals surface area contributed by atoms with Gasteiger partial charge in [0.1, 0.15) is 0 Å². The molecular formula is C14H12N2O2S. The third-order valence-corrected chi connectivity index (χ3v) is 3.30. The lowest BCUT2D eigenvalue weighted by Crippen LogP contribution is -1.88. The molecule has 2 aromatic heterocycles. The third-order valence-electron chi connectivity index (χ3n) is 2.27. The molecule has 0 aromatic carbocycles. The summed E-state index contributed by atoms with van der Waals surface area (Å²) in [4.78, 5) is 7.81. The molecule has 0 saturated carbocycles. The number of hydrogen-bond donors (Lipinski definition) is 0. The molecule has 0 fully saturated rings. The van der Waals surface area contributed by atoms with Gasteiger partial charge >= 0.3 is 0 Å². The van der Waals surface area contributed by atoms with Gasteiger partial charge in [-0.05, 0) is 35.4 Å². The first-order valence-corrected chi connectivity index (χ1v) is 7.18. The van der Waals surface area contributed by atoms with Crippen molar-refractivity contribution in [2.75, 3.05) is 0 Å². The molecule has 2 heterocycles. The topological polar surface area (TPSA) is 59.9 Å². The zero-order valence-electron chi connectivity index (χ0n) is 10.0. The second-order valence-corrected chi connectivity index (χ2v) is 5.49. The number of sulfone groups is 1. The van der Waals surface area contributed by atoms with Gasteiger partial charge in [0.05, 0.1) is 0 Å². The average molecular weight is 272 g/mol. The van der Waals surface area contributed by atoms with Crippen molar-refractivity contribution < 1.29 is 8.42 Å². The Labute approximate surface area is 112 Å². The molecular weight excluding hydrogens is 260 g/mol. The summed E-state index contributed by atoms with van der Waals surface area (Å²) in [6.07, 6.45) is 9.47. The van der Waals surface area contributed by atoms with E-state index in [1.54, 1.807) is 49.1 Å². The SMILES string of the molecule is O=S(=O)(/C=C\c1cccnc1)/C=C\c1cccnc1. The van der Waals surface area contributed by atoms with Crippen molar-refractivity contribution in [3.8, 4) is 0 Å². The Bertz CT molecular complexity index is 622. The lowest BCUT2D eigenvalue weighted by atomic mass is 10.3. The lowest BCUT2D eigenvalue weighted by Gasteiger charge is -1.92. The van der Waals surface area contributed by atoms with Gasteiger partial charge in [0.25, 0.3) is 0 Å². The Morgan fingerprint density at radius 1 is 0.842 bits per heavy atom. The Morgan fingerprint density at radius 2 is 1.32 bits per heavy atom. The molecule has 0 aliphatic heterocycles.